The fourth-order valence-electron chi connectivity index (χ4n) is 3.05. The van der Waals surface area contributed by atoms with Crippen LogP contribution in [-0.2, 0) is 14.3 Å². The van der Waals surface area contributed by atoms with Gasteiger partial charge in [0, 0.05) is 6.54 Å². The number of nitrogens with one attached hydrogen (secondary N) is 1. The number of hydrogen-bond donors (Lipinski definition) is 2. The number of carbonyl (C=O) groups is 2. The molecule has 0 spiro atoms. The monoisotopic (exact) mass is 285 g/mol. The van der Waals surface area contributed by atoms with Crippen LogP contribution in [0.5, 0.6) is 0 Å². The molecule has 1 heterocycles. The van der Waals surface area contributed by atoms with Crippen molar-refractivity contribution in [2.24, 2.45) is 17.8 Å². The van der Waals surface area contributed by atoms with Crippen LogP contribution in [0.4, 0.5) is 4.79 Å². The van der Waals surface area contributed by atoms with E-state index in [0.717, 1.165) is 12.8 Å². The number of rotatable bonds is 5. The Labute approximate surface area is 118 Å². The number of methoxy groups -OCH3 is 1. The molecule has 1 aliphatic carbocycles. The number of ether oxygens (including phenoxy) is 2. The van der Waals surface area contributed by atoms with Gasteiger partial charge >= 0.3 is 12.1 Å². The van der Waals surface area contributed by atoms with Crippen molar-refractivity contribution < 1.29 is 24.2 Å². The molecule has 4 unspecified atom stereocenters. The molecule has 2 N–H and O–H groups in total. The van der Waals surface area contributed by atoms with Crippen molar-refractivity contribution in [3.63, 3.8) is 0 Å². The van der Waals surface area contributed by atoms with Gasteiger partial charge < -0.3 is 19.9 Å². The zero-order chi connectivity index (χ0) is 14.7. The van der Waals surface area contributed by atoms with Gasteiger partial charge in [-0.2, -0.15) is 0 Å². The Hall–Kier alpha value is -1.30. The first-order valence-corrected chi connectivity index (χ1v) is 7.21. The Morgan fingerprint density at radius 3 is 2.65 bits per heavy atom. The highest BCUT2D eigenvalue weighted by Crippen LogP contribution is 2.42. The largest absolute Gasteiger partial charge is 0.481 e. The van der Waals surface area contributed by atoms with E-state index in [1.165, 1.54) is 20.0 Å². The van der Waals surface area contributed by atoms with E-state index in [1.54, 1.807) is 0 Å². The normalized spacial score (nSPS) is 31.4. The molecule has 0 bridgehead atoms. The van der Waals surface area contributed by atoms with Gasteiger partial charge in [-0.25, -0.2) is 4.79 Å². The number of carboxylic acid groups (broad SMARTS) is 1. The summed E-state index contributed by atoms with van der Waals surface area (Å²) in [4.78, 5) is 22.6. The maximum Gasteiger partial charge on any atom is 0.406 e. The van der Waals surface area contributed by atoms with Crippen molar-refractivity contribution in [1.82, 2.24) is 5.32 Å². The van der Waals surface area contributed by atoms with Gasteiger partial charge in [-0.3, -0.25) is 4.79 Å². The highest BCUT2D eigenvalue weighted by atomic mass is 16.5. The molecular weight excluding hydrogens is 262 g/mol. The van der Waals surface area contributed by atoms with E-state index in [-0.39, 0.29) is 24.7 Å². The summed E-state index contributed by atoms with van der Waals surface area (Å²) in [7, 11) is 1.27. The third kappa shape index (κ3) is 3.85. The minimum absolute atomic E-state index is 0.0407. The molecule has 4 atom stereocenters. The third-order valence-corrected chi connectivity index (χ3v) is 4.26. The van der Waals surface area contributed by atoms with Gasteiger partial charge in [-0.1, -0.05) is 0 Å². The average molecular weight is 285 g/mol. The molecule has 2 fully saturated rings. The molecule has 2 rings (SSSR count). The van der Waals surface area contributed by atoms with Gasteiger partial charge in [0.25, 0.3) is 0 Å². The lowest BCUT2D eigenvalue weighted by Crippen LogP contribution is -2.42. The van der Waals surface area contributed by atoms with Crippen molar-refractivity contribution in [3.05, 3.63) is 0 Å². The van der Waals surface area contributed by atoms with Crippen LogP contribution in [0.2, 0.25) is 0 Å². The van der Waals surface area contributed by atoms with E-state index < -0.39 is 18.0 Å². The summed E-state index contributed by atoms with van der Waals surface area (Å²) in [6.07, 6.45) is 3.54. The standard InChI is InChI=1S/C14H23NO5/c1-8-5-10(6-12(20-8)9-3-4-9)11(13(16)17)7-15-14(18)19-2/h8-12H,3-7H2,1-2H3,(H,15,18)(H,16,17). The van der Waals surface area contributed by atoms with E-state index in [2.05, 4.69) is 10.1 Å². The summed E-state index contributed by atoms with van der Waals surface area (Å²) in [5.74, 6) is -0.806. The summed E-state index contributed by atoms with van der Waals surface area (Å²) < 4.78 is 10.4. The summed E-state index contributed by atoms with van der Waals surface area (Å²) in [6, 6.07) is 0. The Bertz CT molecular complexity index is 369. The van der Waals surface area contributed by atoms with Crippen LogP contribution in [0.3, 0.4) is 0 Å². The molecule has 6 heteroatoms. The molecule has 1 saturated heterocycles. The Balaban J connectivity index is 1.96. The first kappa shape index (κ1) is 15.1. The molecular formula is C14H23NO5. The predicted octanol–water partition coefficient (Wildman–Crippen LogP) is 1.64. The molecule has 1 saturated carbocycles. The van der Waals surface area contributed by atoms with Crippen LogP contribution in [0.25, 0.3) is 0 Å². The third-order valence-electron chi connectivity index (χ3n) is 4.26. The van der Waals surface area contributed by atoms with Crippen molar-refractivity contribution in [3.8, 4) is 0 Å². The molecule has 0 radical (unpaired) electrons. The maximum atomic E-state index is 11.5. The van der Waals surface area contributed by atoms with Crippen molar-refractivity contribution in [1.29, 1.82) is 0 Å². The fraction of sp³-hybridized carbons (Fsp3) is 0.857. The summed E-state index contributed by atoms with van der Waals surface area (Å²) >= 11 is 0. The molecule has 1 amide bonds. The van der Waals surface area contributed by atoms with Gasteiger partial charge in [0.15, 0.2) is 0 Å². The molecule has 0 aromatic heterocycles. The van der Waals surface area contributed by atoms with Crippen LogP contribution < -0.4 is 5.32 Å². The molecule has 20 heavy (non-hydrogen) atoms. The zero-order valence-corrected chi connectivity index (χ0v) is 12.0. The number of carbonyl (C=O) groups excluding carboxylic acids is 1. The number of alkyl carbamates (subject to hydrolysis) is 1. The molecule has 2 aliphatic rings. The fourth-order valence-corrected chi connectivity index (χ4v) is 3.05. The van der Waals surface area contributed by atoms with E-state index in [0.29, 0.717) is 5.92 Å². The first-order valence-electron chi connectivity index (χ1n) is 7.21. The van der Waals surface area contributed by atoms with Crippen molar-refractivity contribution in [2.45, 2.75) is 44.8 Å². The maximum absolute atomic E-state index is 11.5. The second-order valence-corrected chi connectivity index (χ2v) is 5.87. The van der Waals surface area contributed by atoms with Gasteiger partial charge in [-0.05, 0) is 44.4 Å². The van der Waals surface area contributed by atoms with Crippen molar-refractivity contribution in [2.75, 3.05) is 13.7 Å². The van der Waals surface area contributed by atoms with Crippen LogP contribution in [0.1, 0.15) is 32.6 Å². The second kappa shape index (κ2) is 6.43. The number of carboxylic acids is 1. The van der Waals surface area contributed by atoms with Crippen LogP contribution >= 0.6 is 0 Å². The van der Waals surface area contributed by atoms with E-state index >= 15 is 0 Å². The van der Waals surface area contributed by atoms with Crippen molar-refractivity contribution >= 4 is 12.1 Å². The zero-order valence-electron chi connectivity index (χ0n) is 12.0. The predicted molar refractivity (Wildman–Crippen MR) is 71.3 cm³/mol. The number of aliphatic carboxylic acids is 1. The lowest BCUT2D eigenvalue weighted by molar-refractivity contribution is -0.147. The Morgan fingerprint density at radius 2 is 2.10 bits per heavy atom. The molecule has 1 aliphatic heterocycles. The smallest absolute Gasteiger partial charge is 0.406 e. The van der Waals surface area contributed by atoms with Gasteiger partial charge in [0.2, 0.25) is 0 Å². The van der Waals surface area contributed by atoms with E-state index in [1.807, 2.05) is 6.92 Å². The van der Waals surface area contributed by atoms with E-state index in [9.17, 15) is 14.7 Å². The second-order valence-electron chi connectivity index (χ2n) is 5.87. The Morgan fingerprint density at radius 1 is 1.40 bits per heavy atom. The van der Waals surface area contributed by atoms with Crippen LogP contribution in [-0.4, -0.2) is 43.0 Å². The summed E-state index contributed by atoms with van der Waals surface area (Å²) in [6.45, 7) is 2.10. The van der Waals surface area contributed by atoms with Gasteiger partial charge in [0.1, 0.15) is 0 Å². The number of hydrogen-bond acceptors (Lipinski definition) is 4. The molecule has 114 valence electrons. The molecule has 6 nitrogen and oxygen atoms in total. The Kier molecular flexibility index (Phi) is 4.86. The summed E-state index contributed by atoms with van der Waals surface area (Å²) in [5.41, 5.74) is 0. The lowest BCUT2D eigenvalue weighted by Gasteiger charge is -2.36. The number of amides is 1. The lowest BCUT2D eigenvalue weighted by atomic mass is 9.80. The summed E-state index contributed by atoms with van der Waals surface area (Å²) in [5, 5.41) is 11.9. The van der Waals surface area contributed by atoms with Crippen LogP contribution in [0.15, 0.2) is 0 Å². The van der Waals surface area contributed by atoms with Gasteiger partial charge in [-0.15, -0.1) is 0 Å². The highest BCUT2D eigenvalue weighted by Gasteiger charge is 2.41. The van der Waals surface area contributed by atoms with Crippen LogP contribution in [0, 0.1) is 17.8 Å². The minimum atomic E-state index is -0.866. The molecule has 0 aromatic rings. The van der Waals surface area contributed by atoms with Gasteiger partial charge in [0.05, 0.1) is 25.2 Å². The highest BCUT2D eigenvalue weighted by molar-refractivity contribution is 5.72. The van der Waals surface area contributed by atoms with E-state index in [4.69, 9.17) is 4.74 Å². The first-order chi connectivity index (χ1) is 9.51. The minimum Gasteiger partial charge on any atom is -0.481 e. The average Bonchev–Trinajstić information content (AvgIpc) is 3.21. The quantitative estimate of drug-likeness (QED) is 0.802. The topological polar surface area (TPSA) is 84.9 Å². The molecule has 0 aromatic carbocycles. The SMILES string of the molecule is COC(=O)NCC(C(=O)O)C1CC(C)OC(C2CC2)C1.